The molecule has 0 spiro atoms. The molecule has 0 bridgehead atoms. The van der Waals surface area contributed by atoms with E-state index in [2.05, 4.69) is 21.4 Å². The van der Waals surface area contributed by atoms with Gasteiger partial charge < -0.3 is 5.32 Å². The number of hydrogen-bond donors (Lipinski definition) is 2. The molecular formula is C19H16N4OS. The predicted octanol–water partition coefficient (Wildman–Crippen LogP) is 3.54. The molecule has 124 valence electrons. The summed E-state index contributed by atoms with van der Waals surface area (Å²) in [6.07, 6.45) is 5.38. The summed E-state index contributed by atoms with van der Waals surface area (Å²) in [5.74, 6) is 2.96. The average molecular weight is 348 g/mol. The van der Waals surface area contributed by atoms with Crippen LogP contribution in [0.1, 0.15) is 11.1 Å². The van der Waals surface area contributed by atoms with Crippen molar-refractivity contribution >= 4 is 23.8 Å². The van der Waals surface area contributed by atoms with Crippen LogP contribution in [0.25, 0.3) is 11.4 Å². The second kappa shape index (κ2) is 7.16. The third-order valence-electron chi connectivity index (χ3n) is 3.68. The van der Waals surface area contributed by atoms with Crippen molar-refractivity contribution in [3.63, 3.8) is 0 Å². The summed E-state index contributed by atoms with van der Waals surface area (Å²) in [5, 5.41) is 9.82. The van der Waals surface area contributed by atoms with Crippen LogP contribution in [0, 0.1) is 24.0 Å². The van der Waals surface area contributed by atoms with Gasteiger partial charge in [0.15, 0.2) is 10.6 Å². The first-order valence-electron chi connectivity index (χ1n) is 7.65. The number of anilines is 1. The molecule has 3 aromatic rings. The van der Waals surface area contributed by atoms with Gasteiger partial charge in [-0.15, -0.1) is 6.42 Å². The van der Waals surface area contributed by atoms with Crippen LogP contribution in [0.15, 0.2) is 48.5 Å². The standard InChI is InChI=1S/C19H16N4OS/c1-3-14-5-4-6-16(11-14)20-17(24)12-23-18(21-22-19(23)25)15-9-7-13(2)8-10-15/h1,4-11H,12H2,2H3,(H,20,24)(H,22,25). The molecule has 0 aliphatic heterocycles. The highest BCUT2D eigenvalue weighted by molar-refractivity contribution is 7.71. The van der Waals surface area contributed by atoms with E-state index in [4.69, 9.17) is 18.6 Å². The largest absolute Gasteiger partial charge is 0.324 e. The number of benzene rings is 2. The minimum Gasteiger partial charge on any atom is -0.324 e. The van der Waals surface area contributed by atoms with Crippen LogP contribution in [-0.4, -0.2) is 20.7 Å². The Hall–Kier alpha value is -3.17. The third-order valence-corrected chi connectivity index (χ3v) is 3.99. The molecule has 0 radical (unpaired) electrons. The van der Waals surface area contributed by atoms with Crippen molar-refractivity contribution in [3.8, 4) is 23.7 Å². The van der Waals surface area contributed by atoms with E-state index in [1.165, 1.54) is 0 Å². The summed E-state index contributed by atoms with van der Waals surface area (Å²) in [6.45, 7) is 2.07. The number of nitrogens with one attached hydrogen (secondary N) is 2. The Balaban J connectivity index is 1.82. The number of H-pyrrole nitrogens is 1. The summed E-state index contributed by atoms with van der Waals surface area (Å²) in [5.41, 5.74) is 3.39. The zero-order valence-electron chi connectivity index (χ0n) is 13.6. The topological polar surface area (TPSA) is 62.7 Å². The lowest BCUT2D eigenvalue weighted by atomic mass is 10.1. The lowest BCUT2D eigenvalue weighted by Crippen LogP contribution is -2.19. The number of carbonyl (C=O) groups is 1. The summed E-state index contributed by atoms with van der Waals surface area (Å²) >= 11 is 5.26. The molecule has 0 aliphatic rings. The van der Waals surface area contributed by atoms with Gasteiger partial charge in [-0.25, -0.2) is 0 Å². The summed E-state index contributed by atoms with van der Waals surface area (Å²) in [7, 11) is 0. The van der Waals surface area contributed by atoms with Gasteiger partial charge >= 0.3 is 0 Å². The Morgan fingerprint density at radius 3 is 2.80 bits per heavy atom. The molecule has 6 heteroatoms. The number of rotatable bonds is 4. The highest BCUT2D eigenvalue weighted by atomic mass is 32.1. The van der Waals surface area contributed by atoms with Crippen LogP contribution in [0.4, 0.5) is 5.69 Å². The Kier molecular flexibility index (Phi) is 4.78. The van der Waals surface area contributed by atoms with Crippen molar-refractivity contribution in [2.75, 3.05) is 5.32 Å². The first-order chi connectivity index (χ1) is 12.1. The average Bonchev–Trinajstić information content (AvgIpc) is 2.96. The van der Waals surface area contributed by atoms with Gasteiger partial charge in [0.2, 0.25) is 5.91 Å². The SMILES string of the molecule is C#Cc1cccc(NC(=O)Cn2c(-c3ccc(C)cc3)n[nH]c2=S)c1. The van der Waals surface area contributed by atoms with Crippen LogP contribution in [0.5, 0.6) is 0 Å². The summed E-state index contributed by atoms with van der Waals surface area (Å²) < 4.78 is 2.06. The molecule has 25 heavy (non-hydrogen) atoms. The van der Waals surface area contributed by atoms with E-state index >= 15 is 0 Å². The molecule has 0 fully saturated rings. The highest BCUT2D eigenvalue weighted by Crippen LogP contribution is 2.18. The molecule has 0 aliphatic carbocycles. The van der Waals surface area contributed by atoms with Crippen LogP contribution in [0.3, 0.4) is 0 Å². The Bertz CT molecular complexity index is 1010. The van der Waals surface area contributed by atoms with Gasteiger partial charge in [0.05, 0.1) is 0 Å². The smallest absolute Gasteiger partial charge is 0.244 e. The maximum Gasteiger partial charge on any atom is 0.244 e. The number of aromatic amines is 1. The van der Waals surface area contributed by atoms with E-state index in [1.807, 2.05) is 31.2 Å². The van der Waals surface area contributed by atoms with Crippen LogP contribution < -0.4 is 5.32 Å². The molecule has 2 N–H and O–H groups in total. The van der Waals surface area contributed by atoms with Crippen molar-refractivity contribution < 1.29 is 4.79 Å². The van der Waals surface area contributed by atoms with Crippen molar-refractivity contribution in [1.82, 2.24) is 14.8 Å². The fourth-order valence-corrected chi connectivity index (χ4v) is 2.61. The van der Waals surface area contributed by atoms with Gasteiger partial charge in [0.1, 0.15) is 6.54 Å². The normalized spacial score (nSPS) is 10.2. The highest BCUT2D eigenvalue weighted by Gasteiger charge is 2.12. The van der Waals surface area contributed by atoms with E-state index in [0.29, 0.717) is 21.8 Å². The number of terminal acetylenes is 1. The number of nitrogens with zero attached hydrogens (tertiary/aromatic N) is 2. The lowest BCUT2D eigenvalue weighted by Gasteiger charge is -2.09. The number of aryl methyl sites for hydroxylation is 1. The van der Waals surface area contributed by atoms with Gasteiger partial charge in [0, 0.05) is 16.8 Å². The van der Waals surface area contributed by atoms with Crippen LogP contribution >= 0.6 is 12.2 Å². The summed E-state index contributed by atoms with van der Waals surface area (Å²) in [4.78, 5) is 12.4. The van der Waals surface area contributed by atoms with Gasteiger partial charge in [-0.1, -0.05) is 41.8 Å². The predicted molar refractivity (Wildman–Crippen MR) is 101 cm³/mol. The molecule has 1 heterocycles. The third kappa shape index (κ3) is 3.84. The Morgan fingerprint density at radius 1 is 1.32 bits per heavy atom. The van der Waals surface area contributed by atoms with E-state index in [1.54, 1.807) is 28.8 Å². The van der Waals surface area contributed by atoms with Gasteiger partial charge in [-0.3, -0.25) is 14.5 Å². The minimum atomic E-state index is -0.208. The zero-order valence-corrected chi connectivity index (χ0v) is 14.4. The maximum absolute atomic E-state index is 12.4. The van der Waals surface area contributed by atoms with Crippen LogP contribution in [-0.2, 0) is 11.3 Å². The van der Waals surface area contributed by atoms with Crippen molar-refractivity contribution in [3.05, 3.63) is 64.4 Å². The monoisotopic (exact) mass is 348 g/mol. The Morgan fingerprint density at radius 2 is 2.08 bits per heavy atom. The molecule has 0 saturated heterocycles. The molecule has 1 amide bonds. The van der Waals surface area contributed by atoms with E-state index in [9.17, 15) is 4.79 Å². The quantitative estimate of drug-likeness (QED) is 0.560. The van der Waals surface area contributed by atoms with Crippen molar-refractivity contribution in [2.45, 2.75) is 13.5 Å². The molecule has 2 aromatic carbocycles. The van der Waals surface area contributed by atoms with Gasteiger partial charge in [-0.05, 0) is 37.3 Å². The molecule has 0 unspecified atom stereocenters. The van der Waals surface area contributed by atoms with Gasteiger partial charge in [0.25, 0.3) is 0 Å². The van der Waals surface area contributed by atoms with Crippen molar-refractivity contribution in [1.29, 1.82) is 0 Å². The minimum absolute atomic E-state index is 0.0544. The molecule has 0 saturated carbocycles. The van der Waals surface area contributed by atoms with E-state index in [0.717, 1.165) is 11.1 Å². The first-order valence-corrected chi connectivity index (χ1v) is 8.06. The van der Waals surface area contributed by atoms with Crippen molar-refractivity contribution in [2.24, 2.45) is 0 Å². The summed E-state index contributed by atoms with van der Waals surface area (Å²) in [6, 6.07) is 15.0. The zero-order chi connectivity index (χ0) is 17.8. The second-order valence-corrected chi connectivity index (χ2v) is 5.96. The number of aromatic nitrogens is 3. The molecule has 0 atom stereocenters. The molecule has 1 aromatic heterocycles. The van der Waals surface area contributed by atoms with E-state index < -0.39 is 0 Å². The second-order valence-electron chi connectivity index (χ2n) is 5.58. The fraction of sp³-hybridized carbons (Fsp3) is 0.105. The molecule has 5 nitrogen and oxygen atoms in total. The molecular weight excluding hydrogens is 332 g/mol. The van der Waals surface area contributed by atoms with Crippen LogP contribution in [0.2, 0.25) is 0 Å². The number of carbonyl (C=O) groups excluding carboxylic acids is 1. The maximum atomic E-state index is 12.4. The number of hydrogen-bond acceptors (Lipinski definition) is 3. The number of amides is 1. The lowest BCUT2D eigenvalue weighted by molar-refractivity contribution is -0.116. The first kappa shape index (κ1) is 16.7. The Labute approximate surface area is 150 Å². The molecule has 3 rings (SSSR count). The fourth-order valence-electron chi connectivity index (χ4n) is 2.42. The van der Waals surface area contributed by atoms with Gasteiger partial charge in [-0.2, -0.15) is 5.10 Å². The van der Waals surface area contributed by atoms with E-state index in [-0.39, 0.29) is 12.5 Å².